The molecule has 3 aromatic carbocycles. The first-order valence-corrected chi connectivity index (χ1v) is 14.4. The summed E-state index contributed by atoms with van der Waals surface area (Å²) in [4.78, 5) is 0. The van der Waals surface area contributed by atoms with Gasteiger partial charge in [-0.2, -0.15) is 35.4 Å². The minimum atomic E-state index is -0.826. The molecule has 3 aromatic rings. The number of hydrogen-bond donors (Lipinski definition) is 0. The summed E-state index contributed by atoms with van der Waals surface area (Å²) in [6.45, 7) is 2.20. The summed E-state index contributed by atoms with van der Waals surface area (Å²) in [5.41, 5.74) is 4.16. The Bertz CT molecular complexity index is 761. The molecule has 0 fully saturated rings. The Kier molecular flexibility index (Phi) is 8.96. The quantitative estimate of drug-likeness (QED) is 0.388. The van der Waals surface area contributed by atoms with E-state index in [9.17, 15) is 0 Å². The third-order valence-corrected chi connectivity index (χ3v) is 3.85. The second kappa shape index (κ2) is 11.0. The summed E-state index contributed by atoms with van der Waals surface area (Å²) in [6.07, 6.45) is 8.95. The number of hydrogen-bond acceptors (Lipinski definition) is 0. The second-order valence-corrected chi connectivity index (χ2v) is 9.22. The van der Waals surface area contributed by atoms with Crippen LogP contribution in [0.25, 0.3) is 10.8 Å². The van der Waals surface area contributed by atoms with Crippen molar-refractivity contribution in [3.05, 3.63) is 89.5 Å². The van der Waals surface area contributed by atoms with Gasteiger partial charge < -0.3 is 0 Å². The molecule has 0 amide bonds. The van der Waals surface area contributed by atoms with Crippen molar-refractivity contribution in [2.24, 2.45) is 0 Å². The standard InChI is InChI=1S/C13H9.C8H11.2ClH.Zr/c1-2-6-12-10(4-1)8-9-11-5-3-7-13(11)12;1-2-5-8-6-3-4-7-8;;;/h1-4,6,8-9H,5H2;3-4,6-7H,2,5H2,1H3;2*1H;/q2*-1;;;+4/p-2. The molecule has 0 aromatic heterocycles. The van der Waals surface area contributed by atoms with E-state index in [4.69, 9.17) is 17.0 Å². The van der Waals surface area contributed by atoms with Crippen LogP contribution in [-0.2, 0) is 33.7 Å². The van der Waals surface area contributed by atoms with Crippen molar-refractivity contribution in [3.63, 3.8) is 0 Å². The second-order valence-electron chi connectivity index (χ2n) is 5.49. The molecule has 0 aliphatic heterocycles. The van der Waals surface area contributed by atoms with Crippen LogP contribution in [0.5, 0.6) is 0 Å². The van der Waals surface area contributed by atoms with Crippen LogP contribution < -0.4 is 0 Å². The molecule has 0 spiro atoms. The number of aryl methyl sites for hydroxylation is 1. The maximum absolute atomic E-state index is 4.93. The molecule has 3 heteroatoms. The molecule has 0 unspecified atom stereocenters. The van der Waals surface area contributed by atoms with E-state index < -0.39 is 20.8 Å². The van der Waals surface area contributed by atoms with Crippen molar-refractivity contribution in [3.8, 4) is 0 Å². The zero-order valence-electron chi connectivity index (χ0n) is 13.7. The van der Waals surface area contributed by atoms with Crippen LogP contribution in [0, 0.1) is 6.08 Å². The molecule has 0 saturated carbocycles. The first-order chi connectivity index (χ1) is 11.8. The van der Waals surface area contributed by atoms with Gasteiger partial charge in [-0.05, 0) is 0 Å². The van der Waals surface area contributed by atoms with Crippen LogP contribution in [0.3, 0.4) is 0 Å². The van der Waals surface area contributed by atoms with Gasteiger partial charge in [-0.25, -0.2) is 12.1 Å². The van der Waals surface area contributed by atoms with Crippen LogP contribution in [0.1, 0.15) is 30.0 Å². The fourth-order valence-electron chi connectivity index (χ4n) is 2.79. The number of fused-ring (bicyclic) bond motifs is 3. The maximum atomic E-state index is 4.93. The van der Waals surface area contributed by atoms with Gasteiger partial charge in [0.1, 0.15) is 0 Å². The monoisotopic (exact) mass is 432 g/mol. The van der Waals surface area contributed by atoms with Gasteiger partial charge in [0.25, 0.3) is 0 Å². The molecule has 0 N–H and O–H groups in total. The van der Waals surface area contributed by atoms with Crippen LogP contribution >= 0.6 is 17.0 Å². The van der Waals surface area contributed by atoms with Gasteiger partial charge in [0.15, 0.2) is 0 Å². The Labute approximate surface area is 163 Å². The molecule has 122 valence electrons. The van der Waals surface area contributed by atoms with Crippen LogP contribution in [0.4, 0.5) is 0 Å². The van der Waals surface area contributed by atoms with Crippen molar-refractivity contribution in [2.45, 2.75) is 26.2 Å². The zero-order chi connectivity index (χ0) is 17.2. The molecule has 1 aliphatic carbocycles. The van der Waals surface area contributed by atoms with E-state index in [2.05, 4.69) is 79.7 Å². The van der Waals surface area contributed by atoms with E-state index in [0.29, 0.717) is 0 Å². The molecule has 4 rings (SSSR count). The van der Waals surface area contributed by atoms with Crippen molar-refractivity contribution >= 4 is 27.8 Å². The Hall–Kier alpha value is -0.747. The first kappa shape index (κ1) is 19.6. The zero-order valence-corrected chi connectivity index (χ0v) is 17.7. The summed E-state index contributed by atoms with van der Waals surface area (Å²) in [5.74, 6) is 0. The summed E-state index contributed by atoms with van der Waals surface area (Å²) in [7, 11) is 9.87. The molecule has 0 nitrogen and oxygen atoms in total. The SMILES string of the molecule is CCC[c-]1cccc1.[C-]1=CCc2ccc3ccccc3c21.[Cl][Zr+2][Cl]. The van der Waals surface area contributed by atoms with Crippen molar-refractivity contribution in [1.82, 2.24) is 0 Å². The summed E-state index contributed by atoms with van der Waals surface area (Å²) in [5, 5.41) is 2.64. The molecule has 0 atom stereocenters. The summed E-state index contributed by atoms with van der Waals surface area (Å²) < 4.78 is 0. The van der Waals surface area contributed by atoms with Crippen molar-refractivity contribution < 1.29 is 20.8 Å². The normalized spacial score (nSPS) is 11.0. The number of halogens is 2. The van der Waals surface area contributed by atoms with Gasteiger partial charge in [-0.15, -0.1) is 23.1 Å². The first-order valence-electron chi connectivity index (χ1n) is 8.05. The Morgan fingerprint density at radius 2 is 1.75 bits per heavy atom. The van der Waals surface area contributed by atoms with E-state index in [0.717, 1.165) is 6.42 Å². The van der Waals surface area contributed by atoms with Crippen molar-refractivity contribution in [2.75, 3.05) is 0 Å². The molecule has 0 heterocycles. The average Bonchev–Trinajstić information content (AvgIpc) is 3.28. The third kappa shape index (κ3) is 5.66. The van der Waals surface area contributed by atoms with Gasteiger partial charge in [0, 0.05) is 0 Å². The van der Waals surface area contributed by atoms with E-state index in [-0.39, 0.29) is 0 Å². The Morgan fingerprint density at radius 1 is 1.04 bits per heavy atom. The van der Waals surface area contributed by atoms with E-state index in [1.165, 1.54) is 40.3 Å². The Morgan fingerprint density at radius 3 is 2.46 bits per heavy atom. The predicted molar refractivity (Wildman–Crippen MR) is 102 cm³/mol. The number of benzene rings is 2. The third-order valence-electron chi connectivity index (χ3n) is 3.85. The molecule has 0 bridgehead atoms. The van der Waals surface area contributed by atoms with Crippen molar-refractivity contribution in [1.29, 1.82) is 0 Å². The fraction of sp³-hybridized carbons (Fsp3) is 0.190. The van der Waals surface area contributed by atoms with E-state index in [1.54, 1.807) is 0 Å². The van der Waals surface area contributed by atoms with E-state index in [1.807, 2.05) is 0 Å². The fourth-order valence-corrected chi connectivity index (χ4v) is 2.79. The predicted octanol–water partition coefficient (Wildman–Crippen LogP) is 6.84. The van der Waals surface area contributed by atoms with Gasteiger partial charge in [-0.1, -0.05) is 55.8 Å². The molecular weight excluding hydrogens is 414 g/mol. The summed E-state index contributed by atoms with van der Waals surface area (Å²) in [6, 6.07) is 21.4. The molecular formula is C21H20Cl2Zr. The minimum absolute atomic E-state index is 0.826. The van der Waals surface area contributed by atoms with Gasteiger partial charge in [0.2, 0.25) is 0 Å². The van der Waals surface area contributed by atoms with Crippen LogP contribution in [0.2, 0.25) is 0 Å². The van der Waals surface area contributed by atoms with Gasteiger partial charge >= 0.3 is 37.9 Å². The number of allylic oxidation sites excluding steroid dienone is 1. The van der Waals surface area contributed by atoms with Crippen LogP contribution in [-0.4, -0.2) is 0 Å². The van der Waals surface area contributed by atoms with Crippen LogP contribution in [0.15, 0.2) is 66.7 Å². The van der Waals surface area contributed by atoms with Gasteiger partial charge in [-0.3, -0.25) is 0 Å². The topological polar surface area (TPSA) is 0 Å². The molecule has 1 aliphatic rings. The molecule has 0 radical (unpaired) electrons. The average molecular weight is 435 g/mol. The summed E-state index contributed by atoms with van der Waals surface area (Å²) >= 11 is -0.826. The molecule has 0 saturated heterocycles. The molecule has 24 heavy (non-hydrogen) atoms. The number of rotatable bonds is 2. The van der Waals surface area contributed by atoms with Gasteiger partial charge in [0.05, 0.1) is 0 Å². The van der Waals surface area contributed by atoms with E-state index >= 15 is 0 Å². The Balaban J connectivity index is 0.000000163.